The SMILES string of the molecule is Cc1ccc(S(=O)(=O)NC(C#N)c2ccc(C)c(C)c2)cc1. The zero-order valence-electron chi connectivity index (χ0n) is 12.8. The quantitative estimate of drug-likeness (QED) is 0.942. The highest BCUT2D eigenvalue weighted by Gasteiger charge is 2.21. The van der Waals surface area contributed by atoms with Crippen LogP contribution in [0, 0.1) is 32.1 Å². The molecule has 2 aromatic rings. The second-order valence-electron chi connectivity index (χ2n) is 5.34. The van der Waals surface area contributed by atoms with Gasteiger partial charge in [-0.25, -0.2) is 8.42 Å². The smallest absolute Gasteiger partial charge is 0.207 e. The molecule has 0 saturated heterocycles. The minimum absolute atomic E-state index is 0.155. The Morgan fingerprint density at radius 2 is 1.64 bits per heavy atom. The molecule has 0 heterocycles. The van der Waals surface area contributed by atoms with Gasteiger partial charge in [0.1, 0.15) is 6.04 Å². The van der Waals surface area contributed by atoms with E-state index >= 15 is 0 Å². The van der Waals surface area contributed by atoms with Crippen molar-refractivity contribution < 1.29 is 8.42 Å². The normalized spacial score (nSPS) is 12.6. The lowest BCUT2D eigenvalue weighted by molar-refractivity contribution is 0.575. The Labute approximate surface area is 131 Å². The lowest BCUT2D eigenvalue weighted by atomic mass is 10.0. The number of sulfonamides is 1. The van der Waals surface area contributed by atoms with Crippen LogP contribution < -0.4 is 4.72 Å². The number of nitrogens with zero attached hydrogens (tertiary/aromatic N) is 1. The highest BCUT2D eigenvalue weighted by atomic mass is 32.2. The van der Waals surface area contributed by atoms with E-state index in [4.69, 9.17) is 0 Å². The van der Waals surface area contributed by atoms with Gasteiger partial charge in [-0.15, -0.1) is 0 Å². The van der Waals surface area contributed by atoms with E-state index in [0.29, 0.717) is 5.56 Å². The zero-order valence-corrected chi connectivity index (χ0v) is 13.6. The number of hydrogen-bond donors (Lipinski definition) is 1. The Balaban J connectivity index is 2.31. The molecular weight excluding hydrogens is 296 g/mol. The van der Waals surface area contributed by atoms with Crippen molar-refractivity contribution in [3.63, 3.8) is 0 Å². The number of hydrogen-bond acceptors (Lipinski definition) is 3. The summed E-state index contributed by atoms with van der Waals surface area (Å²) in [7, 11) is -3.73. The van der Waals surface area contributed by atoms with Crippen molar-refractivity contribution in [2.75, 3.05) is 0 Å². The van der Waals surface area contributed by atoms with Crippen LogP contribution in [-0.4, -0.2) is 8.42 Å². The minimum Gasteiger partial charge on any atom is -0.207 e. The number of nitriles is 1. The van der Waals surface area contributed by atoms with Crippen molar-refractivity contribution in [3.8, 4) is 6.07 Å². The Morgan fingerprint density at radius 1 is 1.00 bits per heavy atom. The van der Waals surface area contributed by atoms with E-state index in [0.717, 1.165) is 16.7 Å². The Bertz CT molecular complexity index is 819. The van der Waals surface area contributed by atoms with Gasteiger partial charge in [-0.2, -0.15) is 9.98 Å². The molecule has 114 valence electrons. The molecule has 0 aliphatic carbocycles. The molecule has 5 heteroatoms. The van der Waals surface area contributed by atoms with Gasteiger partial charge in [0.15, 0.2) is 0 Å². The molecule has 0 aromatic heterocycles. The molecule has 1 unspecified atom stereocenters. The monoisotopic (exact) mass is 314 g/mol. The lowest BCUT2D eigenvalue weighted by Crippen LogP contribution is -2.27. The first kappa shape index (κ1) is 16.2. The van der Waals surface area contributed by atoms with Gasteiger partial charge in [-0.3, -0.25) is 0 Å². The Kier molecular flexibility index (Phi) is 4.65. The molecule has 0 aliphatic heterocycles. The lowest BCUT2D eigenvalue weighted by Gasteiger charge is -2.14. The maximum atomic E-state index is 12.4. The van der Waals surface area contributed by atoms with Crippen LogP contribution in [0.25, 0.3) is 0 Å². The summed E-state index contributed by atoms with van der Waals surface area (Å²) in [5.41, 5.74) is 3.74. The van der Waals surface area contributed by atoms with Crippen LogP contribution in [0.1, 0.15) is 28.3 Å². The van der Waals surface area contributed by atoms with Crippen LogP contribution in [0.3, 0.4) is 0 Å². The summed E-state index contributed by atoms with van der Waals surface area (Å²) in [6, 6.07) is 13.1. The van der Waals surface area contributed by atoms with Crippen molar-refractivity contribution in [1.29, 1.82) is 5.26 Å². The fourth-order valence-corrected chi connectivity index (χ4v) is 3.18. The fourth-order valence-electron chi connectivity index (χ4n) is 2.05. The van der Waals surface area contributed by atoms with Gasteiger partial charge in [-0.05, 0) is 49.6 Å². The molecule has 1 N–H and O–H groups in total. The molecule has 0 amide bonds. The second-order valence-corrected chi connectivity index (χ2v) is 7.05. The van der Waals surface area contributed by atoms with Crippen LogP contribution in [0.4, 0.5) is 0 Å². The molecule has 2 aromatic carbocycles. The van der Waals surface area contributed by atoms with Gasteiger partial charge < -0.3 is 0 Å². The van der Waals surface area contributed by atoms with Crippen LogP contribution >= 0.6 is 0 Å². The van der Waals surface area contributed by atoms with Crippen LogP contribution in [0.5, 0.6) is 0 Å². The van der Waals surface area contributed by atoms with Crippen molar-refractivity contribution in [2.24, 2.45) is 0 Å². The third kappa shape index (κ3) is 3.53. The Morgan fingerprint density at radius 3 is 2.18 bits per heavy atom. The van der Waals surface area contributed by atoms with Gasteiger partial charge >= 0.3 is 0 Å². The first-order chi connectivity index (χ1) is 10.3. The van der Waals surface area contributed by atoms with Crippen LogP contribution in [0.15, 0.2) is 47.4 Å². The first-order valence-electron chi connectivity index (χ1n) is 6.89. The van der Waals surface area contributed by atoms with Gasteiger partial charge in [0, 0.05) is 0 Å². The van der Waals surface area contributed by atoms with E-state index in [-0.39, 0.29) is 4.90 Å². The predicted molar refractivity (Wildman–Crippen MR) is 85.8 cm³/mol. The molecule has 0 saturated carbocycles. The van der Waals surface area contributed by atoms with Crippen molar-refractivity contribution in [3.05, 3.63) is 64.7 Å². The molecule has 22 heavy (non-hydrogen) atoms. The van der Waals surface area contributed by atoms with Gasteiger partial charge in [-0.1, -0.05) is 35.9 Å². The summed E-state index contributed by atoms with van der Waals surface area (Å²) >= 11 is 0. The van der Waals surface area contributed by atoms with Crippen LogP contribution in [-0.2, 0) is 10.0 Å². The maximum absolute atomic E-state index is 12.4. The van der Waals surface area contributed by atoms with Crippen LogP contribution in [0.2, 0.25) is 0 Å². The second kappa shape index (κ2) is 6.30. The van der Waals surface area contributed by atoms with Crippen molar-refractivity contribution in [1.82, 2.24) is 4.72 Å². The topological polar surface area (TPSA) is 70.0 Å². The number of benzene rings is 2. The Hall–Kier alpha value is -2.16. The van der Waals surface area contributed by atoms with Gasteiger partial charge in [0.05, 0.1) is 11.0 Å². The number of aryl methyl sites for hydroxylation is 3. The van der Waals surface area contributed by atoms with E-state index in [1.54, 1.807) is 18.2 Å². The molecule has 0 bridgehead atoms. The van der Waals surface area contributed by atoms with E-state index in [2.05, 4.69) is 4.72 Å². The van der Waals surface area contributed by atoms with E-state index < -0.39 is 16.1 Å². The first-order valence-corrected chi connectivity index (χ1v) is 8.37. The highest BCUT2D eigenvalue weighted by Crippen LogP contribution is 2.20. The minimum atomic E-state index is -3.73. The molecule has 0 aliphatic rings. The summed E-state index contributed by atoms with van der Waals surface area (Å²) < 4.78 is 27.2. The number of nitrogens with one attached hydrogen (secondary N) is 1. The van der Waals surface area contributed by atoms with E-state index in [9.17, 15) is 13.7 Å². The molecule has 4 nitrogen and oxygen atoms in total. The largest absolute Gasteiger partial charge is 0.241 e. The summed E-state index contributed by atoms with van der Waals surface area (Å²) in [5, 5.41) is 9.32. The summed E-state index contributed by atoms with van der Waals surface area (Å²) in [4.78, 5) is 0.155. The van der Waals surface area contributed by atoms with Gasteiger partial charge in [0.2, 0.25) is 10.0 Å². The zero-order chi connectivity index (χ0) is 16.3. The average molecular weight is 314 g/mol. The fraction of sp³-hybridized carbons (Fsp3) is 0.235. The third-order valence-corrected chi connectivity index (χ3v) is 5.04. The molecule has 2 rings (SSSR count). The van der Waals surface area contributed by atoms with E-state index in [1.807, 2.05) is 39.0 Å². The van der Waals surface area contributed by atoms with Gasteiger partial charge in [0.25, 0.3) is 0 Å². The third-order valence-electron chi connectivity index (χ3n) is 3.60. The summed E-state index contributed by atoms with van der Waals surface area (Å²) in [6.07, 6.45) is 0. The van der Waals surface area contributed by atoms with Crippen molar-refractivity contribution in [2.45, 2.75) is 31.7 Å². The standard InChI is InChI=1S/C17H18N2O2S/c1-12-4-8-16(9-5-12)22(20,21)19-17(11-18)15-7-6-13(2)14(3)10-15/h4-10,17,19H,1-3H3. The molecule has 0 fully saturated rings. The predicted octanol–water partition coefficient (Wildman–Crippen LogP) is 3.16. The highest BCUT2D eigenvalue weighted by molar-refractivity contribution is 7.89. The van der Waals surface area contributed by atoms with Crippen molar-refractivity contribution >= 4 is 10.0 Å². The molecule has 1 atom stereocenters. The molecular formula is C17H18N2O2S. The maximum Gasteiger partial charge on any atom is 0.241 e. The average Bonchev–Trinajstić information content (AvgIpc) is 2.48. The number of rotatable bonds is 4. The molecule has 0 radical (unpaired) electrons. The van der Waals surface area contributed by atoms with E-state index in [1.165, 1.54) is 12.1 Å². The summed E-state index contributed by atoms with van der Waals surface area (Å²) in [6.45, 7) is 5.79. The molecule has 0 spiro atoms. The summed E-state index contributed by atoms with van der Waals surface area (Å²) in [5.74, 6) is 0.